The van der Waals surface area contributed by atoms with Gasteiger partial charge in [-0.3, -0.25) is 4.79 Å². The summed E-state index contributed by atoms with van der Waals surface area (Å²) in [4.78, 5) is 23.3. The van der Waals surface area contributed by atoms with Gasteiger partial charge in [-0.15, -0.1) is 0 Å². The molecule has 6 nitrogen and oxygen atoms in total. The lowest BCUT2D eigenvalue weighted by Gasteiger charge is -2.28. The van der Waals surface area contributed by atoms with Gasteiger partial charge in [0.05, 0.1) is 0 Å². The first-order chi connectivity index (χ1) is 12.3. The SMILES string of the molecule is O=C(Nc1ccc(N2CCCCC2)cc1)c1ccnc(NC2CC2)n1. The molecule has 2 heterocycles. The lowest BCUT2D eigenvalue weighted by molar-refractivity contribution is 0.102. The lowest BCUT2D eigenvalue weighted by atomic mass is 10.1. The monoisotopic (exact) mass is 337 g/mol. The number of hydrogen-bond acceptors (Lipinski definition) is 5. The van der Waals surface area contributed by atoms with Crippen molar-refractivity contribution in [3.05, 3.63) is 42.2 Å². The van der Waals surface area contributed by atoms with Crippen molar-refractivity contribution in [2.75, 3.05) is 28.6 Å². The van der Waals surface area contributed by atoms with Gasteiger partial charge < -0.3 is 15.5 Å². The predicted octanol–water partition coefficient (Wildman–Crippen LogP) is 3.29. The standard InChI is InChI=1S/C19H23N5O/c25-18(17-10-11-20-19(23-17)22-15-4-5-15)21-14-6-8-16(9-7-14)24-12-2-1-3-13-24/h6-11,15H,1-5,12-13H2,(H,21,25)(H,20,22,23). The van der Waals surface area contributed by atoms with E-state index in [1.807, 2.05) is 12.1 Å². The van der Waals surface area contributed by atoms with Gasteiger partial charge in [-0.05, 0) is 62.4 Å². The number of nitrogens with zero attached hydrogens (tertiary/aromatic N) is 3. The fourth-order valence-electron chi connectivity index (χ4n) is 3.07. The molecule has 0 unspecified atom stereocenters. The van der Waals surface area contributed by atoms with Crippen LogP contribution in [0.2, 0.25) is 0 Å². The summed E-state index contributed by atoms with van der Waals surface area (Å²) in [5, 5.41) is 6.12. The van der Waals surface area contributed by atoms with E-state index in [9.17, 15) is 4.79 Å². The van der Waals surface area contributed by atoms with E-state index >= 15 is 0 Å². The third-order valence-corrected chi connectivity index (χ3v) is 4.65. The van der Waals surface area contributed by atoms with E-state index < -0.39 is 0 Å². The molecule has 1 aliphatic carbocycles. The quantitative estimate of drug-likeness (QED) is 0.876. The van der Waals surface area contributed by atoms with Crippen LogP contribution < -0.4 is 15.5 Å². The van der Waals surface area contributed by atoms with Gasteiger partial charge in [0, 0.05) is 36.7 Å². The number of anilines is 3. The summed E-state index contributed by atoms with van der Waals surface area (Å²) in [6, 6.07) is 10.1. The van der Waals surface area contributed by atoms with Crippen LogP contribution >= 0.6 is 0 Å². The number of nitrogens with one attached hydrogen (secondary N) is 2. The van der Waals surface area contributed by atoms with E-state index in [0.717, 1.165) is 31.6 Å². The average Bonchev–Trinajstić information content (AvgIpc) is 3.47. The van der Waals surface area contributed by atoms with Crippen molar-refractivity contribution in [3.8, 4) is 0 Å². The second-order valence-electron chi connectivity index (χ2n) is 6.73. The van der Waals surface area contributed by atoms with Gasteiger partial charge in [0.1, 0.15) is 5.69 Å². The molecule has 25 heavy (non-hydrogen) atoms. The summed E-state index contributed by atoms with van der Waals surface area (Å²) < 4.78 is 0. The Hall–Kier alpha value is -2.63. The van der Waals surface area contributed by atoms with Gasteiger partial charge in [0.25, 0.3) is 5.91 Å². The first-order valence-corrected chi connectivity index (χ1v) is 9.04. The Balaban J connectivity index is 1.40. The number of amides is 1. The Morgan fingerprint density at radius 1 is 1.04 bits per heavy atom. The van der Waals surface area contributed by atoms with Crippen molar-refractivity contribution < 1.29 is 4.79 Å². The van der Waals surface area contributed by atoms with Gasteiger partial charge in [-0.25, -0.2) is 9.97 Å². The molecule has 2 aliphatic rings. The molecule has 1 saturated carbocycles. The molecule has 0 spiro atoms. The van der Waals surface area contributed by atoms with Crippen LogP contribution in [0.15, 0.2) is 36.5 Å². The summed E-state index contributed by atoms with van der Waals surface area (Å²) in [7, 11) is 0. The molecule has 4 rings (SSSR count). The highest BCUT2D eigenvalue weighted by Crippen LogP contribution is 2.23. The highest BCUT2D eigenvalue weighted by molar-refractivity contribution is 6.03. The third kappa shape index (κ3) is 4.07. The summed E-state index contributed by atoms with van der Waals surface area (Å²) in [6.07, 6.45) is 7.73. The number of carbonyl (C=O) groups excluding carboxylic acids is 1. The zero-order chi connectivity index (χ0) is 17.1. The minimum Gasteiger partial charge on any atom is -0.372 e. The maximum absolute atomic E-state index is 12.4. The number of rotatable bonds is 5. The molecule has 1 saturated heterocycles. The summed E-state index contributed by atoms with van der Waals surface area (Å²) in [5.41, 5.74) is 2.37. The number of benzene rings is 1. The van der Waals surface area contributed by atoms with E-state index in [0.29, 0.717) is 17.7 Å². The van der Waals surface area contributed by atoms with Gasteiger partial charge in [-0.2, -0.15) is 0 Å². The van der Waals surface area contributed by atoms with Crippen LogP contribution in [0.3, 0.4) is 0 Å². The molecule has 1 amide bonds. The van der Waals surface area contributed by atoms with Crippen molar-refractivity contribution in [2.24, 2.45) is 0 Å². The minimum absolute atomic E-state index is 0.216. The van der Waals surface area contributed by atoms with Crippen LogP contribution in [0.5, 0.6) is 0 Å². The molecule has 2 N–H and O–H groups in total. The van der Waals surface area contributed by atoms with E-state index in [1.165, 1.54) is 24.9 Å². The van der Waals surface area contributed by atoms with Crippen LogP contribution in [-0.4, -0.2) is 35.0 Å². The minimum atomic E-state index is -0.216. The molecular weight excluding hydrogens is 314 g/mol. The van der Waals surface area contributed by atoms with Crippen LogP contribution in [-0.2, 0) is 0 Å². The smallest absolute Gasteiger partial charge is 0.274 e. The van der Waals surface area contributed by atoms with Crippen molar-refractivity contribution in [1.82, 2.24) is 9.97 Å². The summed E-state index contributed by atoms with van der Waals surface area (Å²) in [6.45, 7) is 2.23. The molecule has 0 atom stereocenters. The highest BCUT2D eigenvalue weighted by atomic mass is 16.1. The Bertz CT molecular complexity index is 736. The second kappa shape index (κ2) is 7.09. The number of hydrogen-bond donors (Lipinski definition) is 2. The number of piperidine rings is 1. The average molecular weight is 337 g/mol. The van der Waals surface area contributed by atoms with E-state index in [1.54, 1.807) is 12.3 Å². The number of aromatic nitrogens is 2. The normalized spacial score (nSPS) is 17.2. The van der Waals surface area contributed by atoms with Crippen LogP contribution in [0.25, 0.3) is 0 Å². The molecular formula is C19H23N5O. The number of carbonyl (C=O) groups is 1. The molecule has 2 aromatic rings. The molecule has 0 bridgehead atoms. The van der Waals surface area contributed by atoms with Crippen molar-refractivity contribution in [3.63, 3.8) is 0 Å². The molecule has 2 fully saturated rings. The summed E-state index contributed by atoms with van der Waals surface area (Å²) in [5.74, 6) is 0.308. The maximum Gasteiger partial charge on any atom is 0.274 e. The van der Waals surface area contributed by atoms with Crippen LogP contribution in [0.4, 0.5) is 17.3 Å². The lowest BCUT2D eigenvalue weighted by Crippen LogP contribution is -2.29. The van der Waals surface area contributed by atoms with Gasteiger partial charge >= 0.3 is 0 Å². The van der Waals surface area contributed by atoms with Crippen molar-refractivity contribution >= 4 is 23.2 Å². The summed E-state index contributed by atoms with van der Waals surface area (Å²) >= 11 is 0. The largest absolute Gasteiger partial charge is 0.372 e. The highest BCUT2D eigenvalue weighted by Gasteiger charge is 2.22. The van der Waals surface area contributed by atoms with E-state index in [4.69, 9.17) is 0 Å². The van der Waals surface area contributed by atoms with Gasteiger partial charge in [-0.1, -0.05) is 0 Å². The molecule has 1 aliphatic heterocycles. The Kier molecular flexibility index (Phi) is 4.50. The molecule has 6 heteroatoms. The Morgan fingerprint density at radius 2 is 1.80 bits per heavy atom. The zero-order valence-electron chi connectivity index (χ0n) is 14.2. The van der Waals surface area contributed by atoms with Crippen LogP contribution in [0, 0.1) is 0 Å². The Morgan fingerprint density at radius 3 is 2.52 bits per heavy atom. The topological polar surface area (TPSA) is 70.2 Å². The van der Waals surface area contributed by atoms with E-state index in [2.05, 4.69) is 37.6 Å². The van der Waals surface area contributed by atoms with E-state index in [-0.39, 0.29) is 5.91 Å². The predicted molar refractivity (Wildman–Crippen MR) is 99.1 cm³/mol. The molecule has 1 aromatic heterocycles. The fraction of sp³-hybridized carbons (Fsp3) is 0.421. The Labute approximate surface area is 147 Å². The van der Waals surface area contributed by atoms with Crippen molar-refractivity contribution in [2.45, 2.75) is 38.1 Å². The molecule has 0 radical (unpaired) electrons. The third-order valence-electron chi connectivity index (χ3n) is 4.65. The maximum atomic E-state index is 12.4. The van der Waals surface area contributed by atoms with Crippen molar-refractivity contribution in [1.29, 1.82) is 0 Å². The second-order valence-corrected chi connectivity index (χ2v) is 6.73. The van der Waals surface area contributed by atoms with Gasteiger partial charge in [0.15, 0.2) is 0 Å². The molecule has 1 aromatic carbocycles. The fourth-order valence-corrected chi connectivity index (χ4v) is 3.07. The molecule has 130 valence electrons. The first kappa shape index (κ1) is 15.9. The zero-order valence-corrected chi connectivity index (χ0v) is 14.2. The van der Waals surface area contributed by atoms with Crippen LogP contribution in [0.1, 0.15) is 42.6 Å². The van der Waals surface area contributed by atoms with Gasteiger partial charge in [0.2, 0.25) is 5.95 Å². The first-order valence-electron chi connectivity index (χ1n) is 9.04.